The van der Waals surface area contributed by atoms with Gasteiger partial charge in [-0.25, -0.2) is 0 Å². The van der Waals surface area contributed by atoms with Gasteiger partial charge in [-0.1, -0.05) is 32.4 Å². The summed E-state index contributed by atoms with van der Waals surface area (Å²) in [6, 6.07) is 7.23. The van der Waals surface area contributed by atoms with E-state index in [-0.39, 0.29) is 12.0 Å². The van der Waals surface area contributed by atoms with Crippen LogP contribution in [0.4, 0.5) is 0 Å². The SMILES string of the molecule is CCC(C)C(NCc1cccc(OC(C)C)c1)C(=O)O. The van der Waals surface area contributed by atoms with Gasteiger partial charge in [-0.3, -0.25) is 4.79 Å². The minimum absolute atomic E-state index is 0.0996. The number of hydrogen-bond acceptors (Lipinski definition) is 3. The van der Waals surface area contributed by atoms with Gasteiger partial charge in [-0.05, 0) is 37.5 Å². The van der Waals surface area contributed by atoms with Crippen LogP contribution in [0.5, 0.6) is 5.75 Å². The highest BCUT2D eigenvalue weighted by Gasteiger charge is 2.22. The molecule has 0 aliphatic carbocycles. The van der Waals surface area contributed by atoms with E-state index in [1.165, 1.54) is 0 Å². The standard InChI is InChI=1S/C16H25NO3/c1-5-12(4)15(16(18)19)17-10-13-7-6-8-14(9-13)20-11(2)3/h6-9,11-12,15,17H,5,10H2,1-4H3,(H,18,19). The largest absolute Gasteiger partial charge is 0.491 e. The fourth-order valence-corrected chi connectivity index (χ4v) is 2.00. The first kappa shape index (κ1) is 16.5. The van der Waals surface area contributed by atoms with Gasteiger partial charge in [0.2, 0.25) is 0 Å². The topological polar surface area (TPSA) is 58.6 Å². The van der Waals surface area contributed by atoms with Crippen molar-refractivity contribution in [3.63, 3.8) is 0 Å². The molecule has 1 aromatic rings. The summed E-state index contributed by atoms with van der Waals surface area (Å²) in [5.41, 5.74) is 1.03. The van der Waals surface area contributed by atoms with E-state index in [2.05, 4.69) is 5.32 Å². The molecule has 0 saturated heterocycles. The third-order valence-electron chi connectivity index (χ3n) is 3.28. The van der Waals surface area contributed by atoms with E-state index in [1.807, 2.05) is 52.0 Å². The molecule has 0 radical (unpaired) electrons. The van der Waals surface area contributed by atoms with Crippen LogP contribution in [0, 0.1) is 5.92 Å². The monoisotopic (exact) mass is 279 g/mol. The Hall–Kier alpha value is -1.55. The molecule has 2 atom stereocenters. The summed E-state index contributed by atoms with van der Waals surface area (Å²) >= 11 is 0. The summed E-state index contributed by atoms with van der Waals surface area (Å²) in [4.78, 5) is 11.2. The molecular weight excluding hydrogens is 254 g/mol. The van der Waals surface area contributed by atoms with Crippen molar-refractivity contribution in [1.82, 2.24) is 5.32 Å². The molecule has 4 heteroatoms. The normalized spacial score (nSPS) is 14.1. The van der Waals surface area contributed by atoms with E-state index in [0.717, 1.165) is 17.7 Å². The van der Waals surface area contributed by atoms with Crippen molar-refractivity contribution in [3.8, 4) is 5.75 Å². The summed E-state index contributed by atoms with van der Waals surface area (Å²) < 4.78 is 5.63. The summed E-state index contributed by atoms with van der Waals surface area (Å²) in [6.07, 6.45) is 0.964. The second kappa shape index (κ2) is 7.90. The highest BCUT2D eigenvalue weighted by molar-refractivity contribution is 5.73. The molecule has 0 fully saturated rings. The van der Waals surface area contributed by atoms with Gasteiger partial charge in [-0.2, -0.15) is 0 Å². The number of hydrogen-bond donors (Lipinski definition) is 2. The van der Waals surface area contributed by atoms with Gasteiger partial charge in [-0.15, -0.1) is 0 Å². The Balaban J connectivity index is 2.66. The molecule has 4 nitrogen and oxygen atoms in total. The van der Waals surface area contributed by atoms with Crippen LogP contribution in [0.25, 0.3) is 0 Å². The number of benzene rings is 1. The second-order valence-corrected chi connectivity index (χ2v) is 5.40. The lowest BCUT2D eigenvalue weighted by Crippen LogP contribution is -2.41. The minimum Gasteiger partial charge on any atom is -0.491 e. The number of ether oxygens (including phenoxy) is 1. The van der Waals surface area contributed by atoms with Crippen molar-refractivity contribution < 1.29 is 14.6 Å². The average Bonchev–Trinajstić information content (AvgIpc) is 2.37. The van der Waals surface area contributed by atoms with Gasteiger partial charge in [0.05, 0.1) is 6.10 Å². The Morgan fingerprint density at radius 1 is 1.35 bits per heavy atom. The van der Waals surface area contributed by atoms with Crippen LogP contribution in [0.15, 0.2) is 24.3 Å². The molecule has 1 aromatic carbocycles. The van der Waals surface area contributed by atoms with Gasteiger partial charge >= 0.3 is 5.97 Å². The Morgan fingerprint density at radius 3 is 2.60 bits per heavy atom. The lowest BCUT2D eigenvalue weighted by molar-refractivity contribution is -0.140. The van der Waals surface area contributed by atoms with Gasteiger partial charge in [0.1, 0.15) is 11.8 Å². The fraction of sp³-hybridized carbons (Fsp3) is 0.562. The van der Waals surface area contributed by atoms with Crippen LogP contribution in [-0.2, 0) is 11.3 Å². The zero-order valence-corrected chi connectivity index (χ0v) is 12.7. The van der Waals surface area contributed by atoms with Crippen molar-refractivity contribution >= 4 is 5.97 Å². The molecule has 0 heterocycles. The molecular formula is C16H25NO3. The lowest BCUT2D eigenvalue weighted by atomic mass is 9.99. The first-order valence-electron chi connectivity index (χ1n) is 7.15. The number of aliphatic carboxylic acids is 1. The van der Waals surface area contributed by atoms with Gasteiger partial charge in [0, 0.05) is 6.54 Å². The number of carboxylic acid groups (broad SMARTS) is 1. The van der Waals surface area contributed by atoms with Crippen LogP contribution in [0.2, 0.25) is 0 Å². The number of carbonyl (C=O) groups is 1. The summed E-state index contributed by atoms with van der Waals surface area (Å²) in [5, 5.41) is 12.4. The van der Waals surface area contributed by atoms with Crippen molar-refractivity contribution in [2.75, 3.05) is 0 Å². The summed E-state index contributed by atoms with van der Waals surface area (Å²) in [7, 11) is 0. The second-order valence-electron chi connectivity index (χ2n) is 5.40. The molecule has 0 spiro atoms. The molecule has 0 amide bonds. The molecule has 2 unspecified atom stereocenters. The number of nitrogens with one attached hydrogen (secondary N) is 1. The molecule has 112 valence electrons. The number of rotatable bonds is 8. The van der Waals surface area contributed by atoms with Crippen LogP contribution < -0.4 is 10.1 Å². The first-order valence-corrected chi connectivity index (χ1v) is 7.15. The van der Waals surface area contributed by atoms with Crippen LogP contribution in [0.1, 0.15) is 39.7 Å². The average molecular weight is 279 g/mol. The Kier molecular flexibility index (Phi) is 6.52. The maximum atomic E-state index is 11.2. The minimum atomic E-state index is -0.797. The maximum Gasteiger partial charge on any atom is 0.320 e. The first-order chi connectivity index (χ1) is 9.43. The van der Waals surface area contributed by atoms with Crippen molar-refractivity contribution in [1.29, 1.82) is 0 Å². The van der Waals surface area contributed by atoms with Crippen molar-refractivity contribution in [3.05, 3.63) is 29.8 Å². The Bertz CT molecular complexity index is 431. The molecule has 0 saturated carbocycles. The zero-order valence-electron chi connectivity index (χ0n) is 12.7. The van der Waals surface area contributed by atoms with E-state index in [1.54, 1.807) is 0 Å². The third kappa shape index (κ3) is 5.21. The van der Waals surface area contributed by atoms with Crippen molar-refractivity contribution in [2.45, 2.75) is 52.8 Å². The molecule has 0 aliphatic heterocycles. The van der Waals surface area contributed by atoms with Crippen LogP contribution >= 0.6 is 0 Å². The Morgan fingerprint density at radius 2 is 2.05 bits per heavy atom. The van der Waals surface area contributed by atoms with E-state index in [0.29, 0.717) is 6.54 Å². The van der Waals surface area contributed by atoms with Crippen LogP contribution in [0.3, 0.4) is 0 Å². The van der Waals surface area contributed by atoms with Crippen molar-refractivity contribution in [2.24, 2.45) is 5.92 Å². The highest BCUT2D eigenvalue weighted by atomic mass is 16.5. The van der Waals surface area contributed by atoms with E-state index in [4.69, 9.17) is 4.74 Å². The Labute approximate surface area is 121 Å². The van der Waals surface area contributed by atoms with E-state index >= 15 is 0 Å². The number of carboxylic acids is 1. The summed E-state index contributed by atoms with van der Waals surface area (Å²) in [6.45, 7) is 8.43. The smallest absolute Gasteiger partial charge is 0.320 e. The zero-order chi connectivity index (χ0) is 15.1. The maximum absolute atomic E-state index is 11.2. The van der Waals surface area contributed by atoms with Gasteiger partial charge < -0.3 is 15.2 Å². The van der Waals surface area contributed by atoms with Crippen LogP contribution in [-0.4, -0.2) is 23.2 Å². The molecule has 20 heavy (non-hydrogen) atoms. The molecule has 0 aromatic heterocycles. The summed E-state index contributed by atoms with van der Waals surface area (Å²) in [5.74, 6) is 0.117. The molecule has 2 N–H and O–H groups in total. The van der Waals surface area contributed by atoms with E-state index < -0.39 is 12.0 Å². The fourth-order valence-electron chi connectivity index (χ4n) is 2.00. The van der Waals surface area contributed by atoms with Gasteiger partial charge in [0.15, 0.2) is 0 Å². The molecule has 1 rings (SSSR count). The quantitative estimate of drug-likeness (QED) is 0.768. The van der Waals surface area contributed by atoms with E-state index in [9.17, 15) is 9.90 Å². The molecule has 0 bridgehead atoms. The lowest BCUT2D eigenvalue weighted by Gasteiger charge is -2.20. The highest BCUT2D eigenvalue weighted by Crippen LogP contribution is 2.16. The molecule has 0 aliphatic rings. The predicted octanol–water partition coefficient (Wildman–Crippen LogP) is 3.06. The van der Waals surface area contributed by atoms with Gasteiger partial charge in [0.25, 0.3) is 0 Å². The predicted molar refractivity (Wildman–Crippen MR) is 79.9 cm³/mol. The third-order valence-corrected chi connectivity index (χ3v) is 3.28.